The van der Waals surface area contributed by atoms with Crippen LogP contribution >= 0.6 is 0 Å². The Morgan fingerprint density at radius 1 is 1.09 bits per heavy atom. The first-order valence-electron chi connectivity index (χ1n) is 4.48. The minimum absolute atomic E-state index is 1.12. The third kappa shape index (κ3) is 4.07. The molecule has 0 aromatic heterocycles. The van der Waals surface area contributed by atoms with Crippen molar-refractivity contribution in [3.63, 3.8) is 0 Å². The number of hydrogen-bond acceptors (Lipinski definition) is 1. The fourth-order valence-corrected chi connectivity index (χ4v) is 1.22. The van der Waals surface area contributed by atoms with Crippen LogP contribution in [0.3, 0.4) is 0 Å². The van der Waals surface area contributed by atoms with Gasteiger partial charge in [0.15, 0.2) is 0 Å². The highest BCUT2D eigenvalue weighted by Gasteiger charge is 1.99. The Morgan fingerprint density at radius 3 is 1.82 bits per heavy atom. The molecule has 66 valence electrons. The second-order valence-corrected chi connectivity index (χ2v) is 2.86. The van der Waals surface area contributed by atoms with Crippen molar-refractivity contribution < 1.29 is 4.74 Å². The summed E-state index contributed by atoms with van der Waals surface area (Å²) >= 11 is 0. The maximum atomic E-state index is 5.20. The molecule has 0 spiro atoms. The van der Waals surface area contributed by atoms with Gasteiger partial charge in [0.1, 0.15) is 0 Å². The van der Waals surface area contributed by atoms with Gasteiger partial charge in [0.2, 0.25) is 0 Å². The lowest BCUT2D eigenvalue weighted by molar-refractivity contribution is 0.285. The zero-order chi connectivity index (χ0) is 8.69. The van der Waals surface area contributed by atoms with Crippen LogP contribution < -0.4 is 0 Å². The van der Waals surface area contributed by atoms with Crippen molar-refractivity contribution in [1.29, 1.82) is 0 Å². The number of methoxy groups -OCH3 is 1. The van der Waals surface area contributed by atoms with Gasteiger partial charge in [0, 0.05) is 0 Å². The zero-order valence-electron chi connectivity index (χ0n) is 8.24. The molecule has 0 unspecified atom stereocenters. The van der Waals surface area contributed by atoms with Crippen LogP contribution in [-0.4, -0.2) is 7.11 Å². The molecule has 0 aliphatic rings. The zero-order valence-corrected chi connectivity index (χ0v) is 8.24. The van der Waals surface area contributed by atoms with Gasteiger partial charge in [0.25, 0.3) is 0 Å². The lowest BCUT2D eigenvalue weighted by atomic mass is 10.0. The summed E-state index contributed by atoms with van der Waals surface area (Å²) in [5, 5.41) is 0. The van der Waals surface area contributed by atoms with E-state index in [1.807, 2.05) is 0 Å². The third-order valence-corrected chi connectivity index (χ3v) is 1.91. The first kappa shape index (κ1) is 10.5. The SMILES string of the molecule is CCCC(CCC)=C(C)OC. The lowest BCUT2D eigenvalue weighted by Gasteiger charge is -2.08. The van der Waals surface area contributed by atoms with Gasteiger partial charge in [-0.05, 0) is 25.3 Å². The van der Waals surface area contributed by atoms with Gasteiger partial charge in [-0.15, -0.1) is 0 Å². The van der Waals surface area contributed by atoms with Crippen LogP contribution in [0.15, 0.2) is 11.3 Å². The quantitative estimate of drug-likeness (QED) is 0.553. The molecule has 0 atom stereocenters. The van der Waals surface area contributed by atoms with Gasteiger partial charge in [-0.25, -0.2) is 0 Å². The molecule has 0 aliphatic carbocycles. The minimum Gasteiger partial charge on any atom is -0.501 e. The van der Waals surface area contributed by atoms with Gasteiger partial charge in [-0.1, -0.05) is 26.7 Å². The second kappa shape index (κ2) is 6.26. The molecule has 0 aliphatic heterocycles. The summed E-state index contributed by atoms with van der Waals surface area (Å²) < 4.78 is 5.20. The molecule has 0 rings (SSSR count). The summed E-state index contributed by atoms with van der Waals surface area (Å²) in [5.41, 5.74) is 1.48. The monoisotopic (exact) mass is 156 g/mol. The second-order valence-electron chi connectivity index (χ2n) is 2.86. The number of hydrogen-bond donors (Lipinski definition) is 0. The van der Waals surface area contributed by atoms with Crippen LogP contribution in [-0.2, 0) is 4.74 Å². The number of allylic oxidation sites excluding steroid dienone is 2. The fourth-order valence-electron chi connectivity index (χ4n) is 1.22. The fraction of sp³-hybridized carbons (Fsp3) is 0.800. The molecule has 0 amide bonds. The summed E-state index contributed by atoms with van der Waals surface area (Å²) in [6.45, 7) is 6.47. The third-order valence-electron chi connectivity index (χ3n) is 1.91. The average molecular weight is 156 g/mol. The van der Waals surface area contributed by atoms with E-state index in [9.17, 15) is 0 Å². The largest absolute Gasteiger partial charge is 0.501 e. The van der Waals surface area contributed by atoms with Crippen LogP contribution in [0, 0.1) is 0 Å². The van der Waals surface area contributed by atoms with Crippen molar-refractivity contribution in [1.82, 2.24) is 0 Å². The minimum atomic E-state index is 1.12. The highest BCUT2D eigenvalue weighted by Crippen LogP contribution is 2.16. The van der Waals surface area contributed by atoms with Gasteiger partial charge in [-0.3, -0.25) is 0 Å². The average Bonchev–Trinajstić information content (AvgIpc) is 2.03. The van der Waals surface area contributed by atoms with Gasteiger partial charge >= 0.3 is 0 Å². The van der Waals surface area contributed by atoms with Crippen molar-refractivity contribution in [3.8, 4) is 0 Å². The van der Waals surface area contributed by atoms with Gasteiger partial charge in [0.05, 0.1) is 12.9 Å². The summed E-state index contributed by atoms with van der Waals surface area (Å²) in [5.74, 6) is 1.12. The number of rotatable bonds is 5. The first-order valence-corrected chi connectivity index (χ1v) is 4.48. The van der Waals surface area contributed by atoms with Crippen molar-refractivity contribution in [2.75, 3.05) is 7.11 Å². The molecule has 0 N–H and O–H groups in total. The molecule has 1 heteroatoms. The normalized spacial score (nSPS) is 9.45. The van der Waals surface area contributed by atoms with Crippen LogP contribution in [0.2, 0.25) is 0 Å². The van der Waals surface area contributed by atoms with E-state index in [2.05, 4.69) is 20.8 Å². The van der Waals surface area contributed by atoms with E-state index in [4.69, 9.17) is 4.74 Å². The number of ether oxygens (including phenoxy) is 1. The van der Waals surface area contributed by atoms with E-state index in [0.29, 0.717) is 0 Å². The molecular formula is C10H20O. The summed E-state index contributed by atoms with van der Waals surface area (Å²) in [4.78, 5) is 0. The van der Waals surface area contributed by atoms with E-state index in [1.54, 1.807) is 7.11 Å². The standard InChI is InChI=1S/C10H20O/c1-5-7-10(8-6-2)9(3)11-4/h5-8H2,1-4H3. The molecule has 0 radical (unpaired) electrons. The van der Waals surface area contributed by atoms with Gasteiger partial charge in [-0.2, -0.15) is 0 Å². The van der Waals surface area contributed by atoms with Crippen molar-refractivity contribution in [3.05, 3.63) is 11.3 Å². The summed E-state index contributed by atoms with van der Waals surface area (Å²) in [6.07, 6.45) is 4.81. The van der Waals surface area contributed by atoms with Gasteiger partial charge < -0.3 is 4.74 Å². The van der Waals surface area contributed by atoms with Crippen LogP contribution in [0.1, 0.15) is 46.5 Å². The molecular weight excluding hydrogens is 136 g/mol. The van der Waals surface area contributed by atoms with E-state index < -0.39 is 0 Å². The van der Waals surface area contributed by atoms with E-state index in [0.717, 1.165) is 5.76 Å². The Morgan fingerprint density at radius 2 is 1.55 bits per heavy atom. The maximum absolute atomic E-state index is 5.20. The molecule has 0 bridgehead atoms. The Labute approximate surface area is 70.4 Å². The van der Waals surface area contributed by atoms with E-state index >= 15 is 0 Å². The molecule has 1 nitrogen and oxygen atoms in total. The van der Waals surface area contributed by atoms with E-state index in [-0.39, 0.29) is 0 Å². The van der Waals surface area contributed by atoms with Crippen LogP contribution in [0.4, 0.5) is 0 Å². The molecule has 0 heterocycles. The highest BCUT2D eigenvalue weighted by molar-refractivity contribution is 5.06. The summed E-state index contributed by atoms with van der Waals surface area (Å²) in [7, 11) is 1.75. The highest BCUT2D eigenvalue weighted by atomic mass is 16.5. The van der Waals surface area contributed by atoms with Crippen LogP contribution in [0.5, 0.6) is 0 Å². The predicted molar refractivity (Wildman–Crippen MR) is 49.5 cm³/mol. The Hall–Kier alpha value is -0.460. The van der Waals surface area contributed by atoms with E-state index in [1.165, 1.54) is 31.3 Å². The topological polar surface area (TPSA) is 9.23 Å². The molecule has 11 heavy (non-hydrogen) atoms. The predicted octanol–water partition coefficient (Wildman–Crippen LogP) is 3.51. The first-order chi connectivity index (χ1) is 5.26. The molecule has 0 fully saturated rings. The Kier molecular flexibility index (Phi) is 6.00. The van der Waals surface area contributed by atoms with Crippen molar-refractivity contribution in [2.24, 2.45) is 0 Å². The Balaban J connectivity index is 4.05. The van der Waals surface area contributed by atoms with Crippen molar-refractivity contribution >= 4 is 0 Å². The lowest BCUT2D eigenvalue weighted by Crippen LogP contribution is -1.91. The maximum Gasteiger partial charge on any atom is 0.0916 e. The molecule has 0 aromatic carbocycles. The molecule has 0 aromatic rings. The molecule has 0 saturated carbocycles. The Bertz CT molecular complexity index is 117. The van der Waals surface area contributed by atoms with Crippen molar-refractivity contribution in [2.45, 2.75) is 46.5 Å². The van der Waals surface area contributed by atoms with Crippen LogP contribution in [0.25, 0.3) is 0 Å². The molecule has 0 saturated heterocycles. The summed E-state index contributed by atoms with van der Waals surface area (Å²) in [6, 6.07) is 0. The smallest absolute Gasteiger partial charge is 0.0916 e.